The van der Waals surface area contributed by atoms with Gasteiger partial charge in [-0.15, -0.1) is 0 Å². The van der Waals surface area contributed by atoms with E-state index in [0.29, 0.717) is 0 Å². The summed E-state index contributed by atoms with van der Waals surface area (Å²) in [6.45, 7) is 18.3. The molecule has 0 heterocycles. The second-order valence-electron chi connectivity index (χ2n) is 8.58. The molecule has 0 N–H and O–H groups in total. The Labute approximate surface area is 185 Å². The summed E-state index contributed by atoms with van der Waals surface area (Å²) in [5.74, 6) is 2.26. The number of allylic oxidation sites excluding steroid dienone is 7. The molecule has 154 valence electrons. The summed E-state index contributed by atoms with van der Waals surface area (Å²) in [6.07, 6.45) is 21.0. The van der Waals surface area contributed by atoms with Crippen LogP contribution in [0.4, 0.5) is 0 Å². The van der Waals surface area contributed by atoms with E-state index in [1.165, 1.54) is 24.2 Å². The van der Waals surface area contributed by atoms with E-state index in [9.17, 15) is 0 Å². The number of rotatable bonds is 9. The summed E-state index contributed by atoms with van der Waals surface area (Å²) in [7, 11) is -1.20. The van der Waals surface area contributed by atoms with Gasteiger partial charge in [0.1, 0.15) is 0 Å². The SMILES string of the molecule is CC(C)CP(CC(C)C)(CC(C)C)=NC1=CC=CC1.CC=CC=CCC.[Ti]. The quantitative estimate of drug-likeness (QED) is 0.199. The predicted molar refractivity (Wildman–Crippen MR) is 125 cm³/mol. The van der Waals surface area contributed by atoms with E-state index in [1.807, 2.05) is 19.1 Å². The minimum Gasteiger partial charge on any atom is -0.272 e. The molecule has 0 bridgehead atoms. The molecule has 0 aromatic rings. The molecule has 0 spiro atoms. The maximum absolute atomic E-state index is 5.34. The van der Waals surface area contributed by atoms with Gasteiger partial charge in [-0.3, -0.25) is 4.74 Å². The van der Waals surface area contributed by atoms with Crippen molar-refractivity contribution in [2.45, 2.75) is 68.2 Å². The summed E-state index contributed by atoms with van der Waals surface area (Å²) in [6, 6.07) is 0. The maximum Gasteiger partial charge on any atom is 0.0425 e. The second-order valence-corrected chi connectivity index (χ2v) is 12.1. The molecule has 1 aliphatic rings. The van der Waals surface area contributed by atoms with E-state index < -0.39 is 7.05 Å². The molecule has 0 aromatic carbocycles. The topological polar surface area (TPSA) is 12.4 Å². The van der Waals surface area contributed by atoms with Crippen LogP contribution in [0.15, 0.2) is 53.0 Å². The average molecular weight is 425 g/mol. The summed E-state index contributed by atoms with van der Waals surface area (Å²) in [4.78, 5) is 0. The van der Waals surface area contributed by atoms with Crippen molar-refractivity contribution in [3.05, 3.63) is 48.2 Å². The van der Waals surface area contributed by atoms with Gasteiger partial charge in [-0.25, -0.2) is 0 Å². The Hall–Kier alpha value is -0.0957. The third kappa shape index (κ3) is 15.5. The van der Waals surface area contributed by atoms with Gasteiger partial charge in [0.15, 0.2) is 0 Å². The molecule has 0 atom stereocenters. The van der Waals surface area contributed by atoms with E-state index in [2.05, 4.69) is 78.8 Å². The molecule has 0 radical (unpaired) electrons. The minimum atomic E-state index is -1.20. The molecule has 1 aliphatic carbocycles. The van der Waals surface area contributed by atoms with Crippen molar-refractivity contribution in [2.24, 2.45) is 22.5 Å². The monoisotopic (exact) mass is 425 g/mol. The Morgan fingerprint density at radius 3 is 1.81 bits per heavy atom. The first-order chi connectivity index (χ1) is 12.2. The largest absolute Gasteiger partial charge is 0.272 e. The van der Waals surface area contributed by atoms with Crippen molar-refractivity contribution in [1.82, 2.24) is 0 Å². The molecule has 0 saturated carbocycles. The average Bonchev–Trinajstić information content (AvgIpc) is 2.98. The van der Waals surface area contributed by atoms with Crippen LogP contribution in [0.3, 0.4) is 0 Å². The van der Waals surface area contributed by atoms with E-state index in [1.54, 1.807) is 0 Å². The maximum atomic E-state index is 5.34. The fourth-order valence-corrected chi connectivity index (χ4v) is 8.96. The van der Waals surface area contributed by atoms with E-state index in [0.717, 1.165) is 30.6 Å². The third-order valence-electron chi connectivity index (χ3n) is 3.88. The molecule has 0 fully saturated rings. The fourth-order valence-electron chi connectivity index (χ4n) is 3.49. The molecule has 1 nitrogen and oxygen atoms in total. The van der Waals surface area contributed by atoms with Gasteiger partial charge in [-0.1, -0.05) is 84.9 Å². The van der Waals surface area contributed by atoms with Crippen LogP contribution in [0.5, 0.6) is 0 Å². The van der Waals surface area contributed by atoms with Gasteiger partial charge < -0.3 is 0 Å². The molecule has 27 heavy (non-hydrogen) atoms. The standard InChI is InChI=1S/C17H32NP.C7H12.Ti/c1-14(2)11-19(12-15(3)4,13-16(5)6)18-17-9-7-8-10-17;1-3-5-7-6-4-2;/h7-9,14-16H,10-13H2,1-6H3;3,5-7H,4H2,1-2H3;. The van der Waals surface area contributed by atoms with Crippen LogP contribution in [-0.4, -0.2) is 18.5 Å². The van der Waals surface area contributed by atoms with Crippen molar-refractivity contribution in [3.63, 3.8) is 0 Å². The zero-order valence-corrected chi connectivity index (χ0v) is 21.7. The van der Waals surface area contributed by atoms with E-state index in [-0.39, 0.29) is 21.7 Å². The fraction of sp³-hybridized carbons (Fsp3) is 0.667. The van der Waals surface area contributed by atoms with Crippen molar-refractivity contribution in [3.8, 4) is 0 Å². The van der Waals surface area contributed by atoms with Crippen molar-refractivity contribution < 1.29 is 21.7 Å². The Morgan fingerprint density at radius 1 is 0.963 bits per heavy atom. The van der Waals surface area contributed by atoms with Crippen LogP contribution >= 0.6 is 7.05 Å². The van der Waals surface area contributed by atoms with Crippen molar-refractivity contribution in [2.75, 3.05) is 18.5 Å². The Bertz CT molecular complexity index is 503. The third-order valence-corrected chi connectivity index (χ3v) is 8.79. The summed E-state index contributed by atoms with van der Waals surface area (Å²) >= 11 is 0. The Morgan fingerprint density at radius 2 is 1.48 bits per heavy atom. The molecule has 0 aromatic heterocycles. The Balaban J connectivity index is 0. The van der Waals surface area contributed by atoms with Gasteiger partial charge in [0.05, 0.1) is 0 Å². The molecule has 0 unspecified atom stereocenters. The summed E-state index contributed by atoms with van der Waals surface area (Å²) in [5.41, 5.74) is 1.33. The molecule has 0 aliphatic heterocycles. The number of nitrogens with zero attached hydrogens (tertiary/aromatic N) is 1. The van der Waals surface area contributed by atoms with Crippen LogP contribution < -0.4 is 0 Å². The predicted octanol–water partition coefficient (Wildman–Crippen LogP) is 8.53. The van der Waals surface area contributed by atoms with Crippen LogP contribution in [0.25, 0.3) is 0 Å². The van der Waals surface area contributed by atoms with Crippen LogP contribution in [0, 0.1) is 17.8 Å². The molecule has 3 heteroatoms. The first-order valence-electron chi connectivity index (χ1n) is 10.5. The molecule has 0 amide bonds. The normalized spacial score (nSPS) is 14.1. The van der Waals surface area contributed by atoms with Gasteiger partial charge in [-0.2, -0.15) is 0 Å². The number of hydrogen-bond donors (Lipinski definition) is 0. The molecule has 1 rings (SSSR count). The van der Waals surface area contributed by atoms with Gasteiger partial charge in [0, 0.05) is 33.8 Å². The minimum absolute atomic E-state index is 0. The van der Waals surface area contributed by atoms with E-state index >= 15 is 0 Å². The molecule has 0 saturated heterocycles. The van der Waals surface area contributed by atoms with Crippen LogP contribution in [0.2, 0.25) is 0 Å². The van der Waals surface area contributed by atoms with Gasteiger partial charge >= 0.3 is 0 Å². The smallest absolute Gasteiger partial charge is 0.0425 e. The van der Waals surface area contributed by atoms with E-state index in [4.69, 9.17) is 4.74 Å². The van der Waals surface area contributed by atoms with Gasteiger partial charge in [-0.05, 0) is 62.7 Å². The first kappa shape index (κ1) is 29.1. The van der Waals surface area contributed by atoms with Crippen LogP contribution in [0.1, 0.15) is 68.2 Å². The first-order valence-corrected chi connectivity index (χ1v) is 12.8. The van der Waals surface area contributed by atoms with Gasteiger partial charge in [0.2, 0.25) is 0 Å². The zero-order chi connectivity index (χ0) is 20.0. The zero-order valence-electron chi connectivity index (χ0n) is 19.2. The second kappa shape index (κ2) is 16.8. The summed E-state index contributed by atoms with van der Waals surface area (Å²) < 4.78 is 5.34. The Kier molecular flexibility index (Phi) is 18.1. The van der Waals surface area contributed by atoms with Crippen LogP contribution in [-0.2, 0) is 21.7 Å². The molecular weight excluding hydrogens is 381 g/mol. The van der Waals surface area contributed by atoms with Crippen molar-refractivity contribution >= 4 is 7.05 Å². The summed E-state index contributed by atoms with van der Waals surface area (Å²) in [5, 5.41) is 0. The number of hydrogen-bond acceptors (Lipinski definition) is 1. The van der Waals surface area contributed by atoms with Crippen molar-refractivity contribution in [1.29, 1.82) is 0 Å². The van der Waals surface area contributed by atoms with Gasteiger partial charge in [0.25, 0.3) is 0 Å². The molecular formula is C24H44NPTi.